The molecule has 4 rings (SSSR count). The van der Waals surface area contributed by atoms with Crippen molar-refractivity contribution in [1.29, 1.82) is 0 Å². The van der Waals surface area contributed by atoms with Gasteiger partial charge in [-0.15, -0.1) is 0 Å². The summed E-state index contributed by atoms with van der Waals surface area (Å²) >= 11 is 6.61. The molecule has 0 bridgehead atoms. The van der Waals surface area contributed by atoms with Gasteiger partial charge in [0.1, 0.15) is 10.9 Å². The zero-order valence-corrected chi connectivity index (χ0v) is 21.7. The monoisotopic (exact) mass is 606 g/mol. The minimum Gasteiger partial charge on any atom is -0.356 e. The molecule has 2 aromatic carbocycles. The normalized spacial score (nSPS) is 15.4. The van der Waals surface area contributed by atoms with E-state index in [1.54, 1.807) is 48.8 Å². The number of nitrogens with zero attached hydrogens (tertiary/aromatic N) is 2. The molecule has 2 amide bonds. The van der Waals surface area contributed by atoms with Gasteiger partial charge in [-0.05, 0) is 70.4 Å². The first-order chi connectivity index (χ1) is 16.3. The Morgan fingerprint density at radius 2 is 1.82 bits per heavy atom. The Kier molecular flexibility index (Phi) is 7.34. The van der Waals surface area contributed by atoms with E-state index in [0.717, 1.165) is 9.87 Å². The highest BCUT2D eigenvalue weighted by Gasteiger charge is 2.42. The first-order valence-corrected chi connectivity index (χ1v) is 13.3. The van der Waals surface area contributed by atoms with Crippen molar-refractivity contribution in [3.05, 3.63) is 81.5 Å². The first kappa shape index (κ1) is 24.4. The molecule has 176 valence electrons. The Morgan fingerprint density at radius 3 is 2.59 bits per heavy atom. The molecule has 1 atom stereocenters. The fraction of sp³-hybridized carbons (Fsp3) is 0.174. The predicted molar refractivity (Wildman–Crippen MR) is 136 cm³/mol. The minimum atomic E-state index is -4.21. The number of hydrogen-bond acceptors (Lipinski definition) is 5. The van der Waals surface area contributed by atoms with Gasteiger partial charge in [0.2, 0.25) is 11.8 Å². The molecule has 3 aromatic rings. The number of rotatable bonds is 7. The predicted octanol–water partition coefficient (Wildman–Crippen LogP) is 3.87. The SMILES string of the molecule is O=C(C[C@@H]1C(=O)Nc2ccccc2N1S(=O)(=O)c1cc(Br)ccc1Br)NCCc1ccncc1. The third kappa shape index (κ3) is 5.16. The fourth-order valence-corrected chi connectivity index (χ4v) is 6.76. The van der Waals surface area contributed by atoms with Gasteiger partial charge in [0.25, 0.3) is 10.0 Å². The second-order valence-corrected chi connectivity index (χ2v) is 11.1. The van der Waals surface area contributed by atoms with Gasteiger partial charge in [0, 0.05) is 27.9 Å². The fourth-order valence-electron chi connectivity index (χ4n) is 3.66. The number of aromatic nitrogens is 1. The van der Waals surface area contributed by atoms with Gasteiger partial charge < -0.3 is 10.6 Å². The van der Waals surface area contributed by atoms with Crippen LogP contribution in [0.15, 0.2) is 80.8 Å². The summed E-state index contributed by atoms with van der Waals surface area (Å²) in [7, 11) is -4.21. The smallest absolute Gasteiger partial charge is 0.266 e. The van der Waals surface area contributed by atoms with E-state index in [1.807, 2.05) is 12.1 Å². The van der Waals surface area contributed by atoms with Crippen LogP contribution in [0.4, 0.5) is 11.4 Å². The average molecular weight is 608 g/mol. The van der Waals surface area contributed by atoms with E-state index in [1.165, 1.54) is 6.07 Å². The van der Waals surface area contributed by atoms with Crippen LogP contribution in [-0.2, 0) is 26.0 Å². The van der Waals surface area contributed by atoms with Crippen LogP contribution in [0.5, 0.6) is 0 Å². The maximum absolute atomic E-state index is 13.8. The maximum Gasteiger partial charge on any atom is 0.266 e. The van der Waals surface area contributed by atoms with Gasteiger partial charge in [-0.25, -0.2) is 8.42 Å². The molecular formula is C23H20Br2N4O4S. The third-order valence-corrected chi connectivity index (χ3v) is 8.59. The molecule has 0 radical (unpaired) electrons. The largest absolute Gasteiger partial charge is 0.356 e. The summed E-state index contributed by atoms with van der Waals surface area (Å²) in [5, 5.41) is 5.50. The highest BCUT2D eigenvalue weighted by atomic mass is 79.9. The summed E-state index contributed by atoms with van der Waals surface area (Å²) in [6, 6.07) is 13.8. The molecule has 1 aliphatic heterocycles. The van der Waals surface area contributed by atoms with Gasteiger partial charge in [-0.1, -0.05) is 28.1 Å². The van der Waals surface area contributed by atoms with Gasteiger partial charge in [0.05, 0.1) is 17.8 Å². The summed E-state index contributed by atoms with van der Waals surface area (Å²) in [5.74, 6) is -1.00. The second kappa shape index (κ2) is 10.2. The molecule has 1 aliphatic rings. The molecule has 8 nitrogen and oxygen atoms in total. The second-order valence-electron chi connectivity index (χ2n) is 7.56. The number of benzene rings is 2. The molecule has 0 aliphatic carbocycles. The third-order valence-electron chi connectivity index (χ3n) is 5.28. The lowest BCUT2D eigenvalue weighted by atomic mass is 10.1. The van der Waals surface area contributed by atoms with Crippen molar-refractivity contribution >= 4 is 65.1 Å². The molecule has 11 heteroatoms. The Bertz CT molecular complexity index is 1340. The van der Waals surface area contributed by atoms with Crippen molar-refractivity contribution in [3.63, 3.8) is 0 Å². The van der Waals surface area contributed by atoms with Crippen LogP contribution in [0.25, 0.3) is 0 Å². The highest BCUT2D eigenvalue weighted by Crippen LogP contribution is 2.39. The van der Waals surface area contributed by atoms with E-state index >= 15 is 0 Å². The van der Waals surface area contributed by atoms with Gasteiger partial charge in [0.15, 0.2) is 0 Å². The lowest BCUT2D eigenvalue weighted by Gasteiger charge is -2.36. The van der Waals surface area contributed by atoms with E-state index in [4.69, 9.17) is 0 Å². The quantitative estimate of drug-likeness (QED) is 0.424. The van der Waals surface area contributed by atoms with Crippen LogP contribution >= 0.6 is 31.9 Å². The first-order valence-electron chi connectivity index (χ1n) is 10.3. The van der Waals surface area contributed by atoms with Crippen molar-refractivity contribution in [2.45, 2.75) is 23.8 Å². The molecular weight excluding hydrogens is 588 g/mol. The molecule has 0 spiro atoms. The standard InChI is InChI=1S/C23H20Br2N4O4S/c24-16-5-6-17(25)21(13-16)34(32,33)29-19-4-2-1-3-18(19)28-23(31)20(29)14-22(30)27-12-9-15-7-10-26-11-8-15/h1-8,10-11,13,20H,9,12,14H2,(H,27,30)(H,28,31)/t20-/m1/s1. The van der Waals surface area contributed by atoms with E-state index in [9.17, 15) is 18.0 Å². The van der Waals surface area contributed by atoms with Gasteiger partial charge in [-0.2, -0.15) is 0 Å². The average Bonchev–Trinajstić information content (AvgIpc) is 2.81. The number of pyridine rings is 1. The zero-order valence-electron chi connectivity index (χ0n) is 17.7. The van der Waals surface area contributed by atoms with E-state index in [-0.39, 0.29) is 11.3 Å². The van der Waals surface area contributed by atoms with Crippen molar-refractivity contribution < 1.29 is 18.0 Å². The van der Waals surface area contributed by atoms with Crippen molar-refractivity contribution in [1.82, 2.24) is 10.3 Å². The molecule has 0 saturated heterocycles. The molecule has 0 unspecified atom stereocenters. The summed E-state index contributed by atoms with van der Waals surface area (Å²) in [6.07, 6.45) is 3.59. The number of carbonyl (C=O) groups excluding carboxylic acids is 2. The van der Waals surface area contributed by atoms with Crippen LogP contribution in [0.1, 0.15) is 12.0 Å². The summed E-state index contributed by atoms with van der Waals surface area (Å²) in [5.41, 5.74) is 1.66. The van der Waals surface area contributed by atoms with E-state index < -0.39 is 27.9 Å². The number of anilines is 2. The number of nitrogens with one attached hydrogen (secondary N) is 2. The topological polar surface area (TPSA) is 108 Å². The summed E-state index contributed by atoms with van der Waals surface area (Å²) < 4.78 is 29.6. The molecule has 2 heterocycles. The van der Waals surface area contributed by atoms with Crippen molar-refractivity contribution in [3.8, 4) is 0 Å². The van der Waals surface area contributed by atoms with Gasteiger partial charge in [-0.3, -0.25) is 18.9 Å². The number of carbonyl (C=O) groups is 2. The molecule has 0 saturated carbocycles. The number of para-hydroxylation sites is 2. The van der Waals surface area contributed by atoms with E-state index in [2.05, 4.69) is 47.5 Å². The minimum absolute atomic E-state index is 0.0190. The molecule has 2 N–H and O–H groups in total. The van der Waals surface area contributed by atoms with E-state index in [0.29, 0.717) is 33.3 Å². The number of sulfonamides is 1. The summed E-state index contributed by atoms with van der Waals surface area (Å²) in [6.45, 7) is 0.345. The van der Waals surface area contributed by atoms with Crippen molar-refractivity contribution in [2.75, 3.05) is 16.2 Å². The Labute approximate surface area is 214 Å². The molecule has 0 fully saturated rings. The summed E-state index contributed by atoms with van der Waals surface area (Å²) in [4.78, 5) is 29.7. The Balaban J connectivity index is 1.63. The van der Waals surface area contributed by atoms with Crippen LogP contribution < -0.4 is 14.9 Å². The van der Waals surface area contributed by atoms with Gasteiger partial charge >= 0.3 is 0 Å². The Morgan fingerprint density at radius 1 is 1.09 bits per heavy atom. The lowest BCUT2D eigenvalue weighted by molar-refractivity contribution is -0.125. The van der Waals surface area contributed by atoms with Crippen LogP contribution in [0.3, 0.4) is 0 Å². The van der Waals surface area contributed by atoms with Crippen LogP contribution in [0.2, 0.25) is 0 Å². The van der Waals surface area contributed by atoms with Crippen LogP contribution in [-0.4, -0.2) is 37.8 Å². The number of fused-ring (bicyclic) bond motifs is 1. The zero-order chi connectivity index (χ0) is 24.3. The van der Waals surface area contributed by atoms with Crippen molar-refractivity contribution in [2.24, 2.45) is 0 Å². The highest BCUT2D eigenvalue weighted by molar-refractivity contribution is 9.11. The van der Waals surface area contributed by atoms with Crippen LogP contribution in [0, 0.1) is 0 Å². The Hall–Kier alpha value is -2.76. The maximum atomic E-state index is 13.8. The number of hydrogen-bond donors (Lipinski definition) is 2. The number of halogens is 2. The lowest BCUT2D eigenvalue weighted by Crippen LogP contribution is -2.52. The number of amides is 2. The molecule has 34 heavy (non-hydrogen) atoms. The molecule has 1 aromatic heterocycles.